The summed E-state index contributed by atoms with van der Waals surface area (Å²) in [4.78, 5) is 4.05. The molecule has 0 bridgehead atoms. The number of imidazole rings is 1. The van der Waals surface area contributed by atoms with Gasteiger partial charge in [0.05, 0.1) is 6.33 Å². The minimum absolute atomic E-state index is 0.338. The Hall–Kier alpha value is -1.92. The number of benzene rings is 1. The van der Waals surface area contributed by atoms with Gasteiger partial charge in [0.1, 0.15) is 0 Å². The molecule has 5 nitrogen and oxygen atoms in total. The normalized spacial score (nSPS) is 17.8. The van der Waals surface area contributed by atoms with E-state index >= 15 is 0 Å². The van der Waals surface area contributed by atoms with Crippen molar-refractivity contribution >= 4 is 16.1 Å². The van der Waals surface area contributed by atoms with Crippen LogP contribution in [-0.4, -0.2) is 35.4 Å². The zero-order chi connectivity index (χ0) is 16.3. The number of hydrogen-bond donors (Lipinski definition) is 0. The molecule has 0 N–H and O–H groups in total. The van der Waals surface area contributed by atoms with Gasteiger partial charge in [0.2, 0.25) is 10.0 Å². The Bertz CT molecular complexity index is 757. The largest absolute Gasteiger partial charge is 0.334 e. The molecule has 0 spiro atoms. The summed E-state index contributed by atoms with van der Waals surface area (Å²) in [5, 5.41) is 1.31. The standard InChI is InChI=1S/C17H21N3O2S/c1-15-2-4-16(5-3-15)8-13-23(21,22)20-10-6-17(7-11-20)19-12-9-18-14-19/h2-5,8-9,12-14,17H,6-7,10-11H2,1H3. The van der Waals surface area contributed by atoms with E-state index in [2.05, 4.69) is 9.55 Å². The van der Waals surface area contributed by atoms with E-state index in [9.17, 15) is 8.42 Å². The lowest BCUT2D eigenvalue weighted by molar-refractivity contribution is 0.276. The van der Waals surface area contributed by atoms with Gasteiger partial charge in [0.15, 0.2) is 0 Å². The molecule has 0 aliphatic carbocycles. The van der Waals surface area contributed by atoms with Crippen LogP contribution in [0.15, 0.2) is 48.4 Å². The van der Waals surface area contributed by atoms with Gasteiger partial charge in [-0.25, -0.2) is 13.4 Å². The highest BCUT2D eigenvalue weighted by molar-refractivity contribution is 7.92. The first-order chi connectivity index (χ1) is 11.0. The Morgan fingerprint density at radius 3 is 2.48 bits per heavy atom. The highest BCUT2D eigenvalue weighted by Crippen LogP contribution is 2.24. The van der Waals surface area contributed by atoms with Crippen molar-refractivity contribution in [2.45, 2.75) is 25.8 Å². The molecule has 1 aliphatic heterocycles. The molecule has 1 fully saturated rings. The molecule has 2 aromatic rings. The molecule has 1 aromatic carbocycles. The van der Waals surface area contributed by atoms with Gasteiger partial charge in [-0.1, -0.05) is 29.8 Å². The third kappa shape index (κ3) is 3.89. The second kappa shape index (κ2) is 6.68. The third-order valence-electron chi connectivity index (χ3n) is 4.24. The van der Waals surface area contributed by atoms with E-state index in [4.69, 9.17) is 0 Å². The predicted molar refractivity (Wildman–Crippen MR) is 91.2 cm³/mol. The summed E-state index contributed by atoms with van der Waals surface area (Å²) in [6.45, 7) is 3.10. The van der Waals surface area contributed by atoms with Gasteiger partial charge >= 0.3 is 0 Å². The van der Waals surface area contributed by atoms with Gasteiger partial charge in [-0.15, -0.1) is 0 Å². The first-order valence-corrected chi connectivity index (χ1v) is 9.27. The highest BCUT2D eigenvalue weighted by atomic mass is 32.2. The average Bonchev–Trinajstić information content (AvgIpc) is 3.09. The minimum atomic E-state index is -3.36. The second-order valence-corrected chi connectivity index (χ2v) is 7.72. The minimum Gasteiger partial charge on any atom is -0.334 e. The SMILES string of the molecule is Cc1ccc(C=CS(=O)(=O)N2CCC(n3ccnc3)CC2)cc1. The average molecular weight is 331 g/mol. The van der Waals surface area contributed by atoms with Crippen LogP contribution in [0.2, 0.25) is 0 Å². The molecular formula is C17H21N3O2S. The highest BCUT2D eigenvalue weighted by Gasteiger charge is 2.26. The number of rotatable bonds is 4. The Kier molecular flexibility index (Phi) is 4.63. The quantitative estimate of drug-likeness (QED) is 0.865. The molecule has 6 heteroatoms. The Labute approximate surface area is 137 Å². The lowest BCUT2D eigenvalue weighted by atomic mass is 10.1. The molecule has 3 rings (SSSR count). The van der Waals surface area contributed by atoms with Gasteiger partial charge in [-0.05, 0) is 31.4 Å². The zero-order valence-corrected chi connectivity index (χ0v) is 14.0. The third-order valence-corrected chi connectivity index (χ3v) is 5.80. The van der Waals surface area contributed by atoms with Gasteiger partial charge in [0, 0.05) is 36.9 Å². The van der Waals surface area contributed by atoms with Crippen molar-refractivity contribution in [1.82, 2.24) is 13.9 Å². The lowest BCUT2D eigenvalue weighted by Crippen LogP contribution is -2.37. The van der Waals surface area contributed by atoms with Crippen molar-refractivity contribution in [3.05, 3.63) is 59.5 Å². The fraction of sp³-hybridized carbons (Fsp3) is 0.353. The monoisotopic (exact) mass is 331 g/mol. The van der Waals surface area contributed by atoms with Gasteiger partial charge in [-0.3, -0.25) is 0 Å². The summed E-state index contributed by atoms with van der Waals surface area (Å²) < 4.78 is 28.5. The topological polar surface area (TPSA) is 55.2 Å². The molecule has 2 heterocycles. The van der Waals surface area contributed by atoms with Crippen molar-refractivity contribution < 1.29 is 8.42 Å². The molecule has 0 saturated carbocycles. The predicted octanol–water partition coefficient (Wildman–Crippen LogP) is 2.83. The first kappa shape index (κ1) is 16.0. The molecule has 1 aromatic heterocycles. The van der Waals surface area contributed by atoms with Crippen LogP contribution in [-0.2, 0) is 10.0 Å². The number of aromatic nitrogens is 2. The van der Waals surface area contributed by atoms with Crippen LogP contribution >= 0.6 is 0 Å². The van der Waals surface area contributed by atoms with E-state index < -0.39 is 10.0 Å². The van der Waals surface area contributed by atoms with Crippen molar-refractivity contribution in [3.63, 3.8) is 0 Å². The van der Waals surface area contributed by atoms with Crippen LogP contribution in [0.4, 0.5) is 0 Å². The second-order valence-electron chi connectivity index (χ2n) is 5.90. The maximum Gasteiger partial charge on any atom is 0.236 e. The van der Waals surface area contributed by atoms with Crippen LogP contribution in [0, 0.1) is 6.92 Å². The van der Waals surface area contributed by atoms with Crippen molar-refractivity contribution in [2.24, 2.45) is 0 Å². The zero-order valence-electron chi connectivity index (χ0n) is 13.2. The van der Waals surface area contributed by atoms with E-state index in [0.717, 1.165) is 24.0 Å². The number of nitrogens with zero attached hydrogens (tertiary/aromatic N) is 3. The molecule has 0 atom stereocenters. The van der Waals surface area contributed by atoms with Gasteiger partial charge in [0.25, 0.3) is 0 Å². The number of hydrogen-bond acceptors (Lipinski definition) is 3. The maximum atomic E-state index is 12.4. The van der Waals surface area contributed by atoms with E-state index in [1.54, 1.807) is 22.9 Å². The molecule has 122 valence electrons. The Balaban J connectivity index is 1.63. The molecule has 1 aliphatic rings. The molecule has 0 amide bonds. The Morgan fingerprint density at radius 1 is 1.17 bits per heavy atom. The van der Waals surface area contributed by atoms with Crippen LogP contribution in [0.1, 0.15) is 30.0 Å². The smallest absolute Gasteiger partial charge is 0.236 e. The number of aryl methyl sites for hydroxylation is 1. The summed E-state index contributed by atoms with van der Waals surface area (Å²) in [5.74, 6) is 0. The van der Waals surface area contributed by atoms with E-state index in [1.807, 2.05) is 37.4 Å². The molecule has 0 radical (unpaired) electrons. The van der Waals surface area contributed by atoms with Crippen LogP contribution in [0.25, 0.3) is 6.08 Å². The van der Waals surface area contributed by atoms with Gasteiger partial charge < -0.3 is 4.57 Å². The lowest BCUT2D eigenvalue weighted by Gasteiger charge is -2.30. The fourth-order valence-electron chi connectivity index (χ4n) is 2.81. The van der Waals surface area contributed by atoms with Crippen molar-refractivity contribution in [1.29, 1.82) is 0 Å². The summed E-state index contributed by atoms with van der Waals surface area (Å²) in [5.41, 5.74) is 2.05. The molecule has 23 heavy (non-hydrogen) atoms. The van der Waals surface area contributed by atoms with Gasteiger partial charge in [-0.2, -0.15) is 4.31 Å². The van der Waals surface area contributed by atoms with Crippen molar-refractivity contribution in [3.8, 4) is 0 Å². The molecule has 1 saturated heterocycles. The molecular weight excluding hydrogens is 310 g/mol. The van der Waals surface area contributed by atoms with Crippen LogP contribution < -0.4 is 0 Å². The summed E-state index contributed by atoms with van der Waals surface area (Å²) in [6.07, 6.45) is 8.78. The number of sulfonamides is 1. The summed E-state index contributed by atoms with van der Waals surface area (Å²) in [6, 6.07) is 8.13. The summed E-state index contributed by atoms with van der Waals surface area (Å²) in [7, 11) is -3.36. The first-order valence-electron chi connectivity index (χ1n) is 7.77. The maximum absolute atomic E-state index is 12.4. The molecule has 0 unspecified atom stereocenters. The van der Waals surface area contributed by atoms with Crippen molar-refractivity contribution in [2.75, 3.05) is 13.1 Å². The summed E-state index contributed by atoms with van der Waals surface area (Å²) >= 11 is 0. The Morgan fingerprint density at radius 2 is 1.87 bits per heavy atom. The van der Waals surface area contributed by atoms with Crippen LogP contribution in [0.5, 0.6) is 0 Å². The number of piperidine rings is 1. The van der Waals surface area contributed by atoms with Crippen LogP contribution in [0.3, 0.4) is 0 Å². The van der Waals surface area contributed by atoms with E-state index in [0.29, 0.717) is 19.1 Å². The fourth-order valence-corrected chi connectivity index (χ4v) is 4.03. The van der Waals surface area contributed by atoms with E-state index in [-0.39, 0.29) is 0 Å². The van der Waals surface area contributed by atoms with E-state index in [1.165, 1.54) is 5.41 Å².